The van der Waals surface area contributed by atoms with Gasteiger partial charge in [0.15, 0.2) is 11.5 Å². The molecule has 3 rings (SSSR count). The number of alkyl halides is 3. The second kappa shape index (κ2) is 11.3. The number of carbonyl (C=O) groups is 1. The van der Waals surface area contributed by atoms with Gasteiger partial charge >= 0.3 is 0 Å². The number of amides is 1. The first-order valence-corrected chi connectivity index (χ1v) is 9.82. The third kappa shape index (κ3) is 5.93. The highest BCUT2D eigenvalue weighted by Crippen LogP contribution is 2.39. The van der Waals surface area contributed by atoms with Crippen LogP contribution >= 0.6 is 0 Å². The molecular weight excluding hydrogens is 415 g/mol. The predicted molar refractivity (Wildman–Crippen MR) is 108 cm³/mol. The van der Waals surface area contributed by atoms with E-state index in [1.165, 1.54) is 12.1 Å². The Morgan fingerprint density at radius 2 is 1.48 bits per heavy atom. The Kier molecular flexibility index (Phi) is 8.19. The van der Waals surface area contributed by atoms with Crippen molar-refractivity contribution >= 4 is 11.6 Å². The summed E-state index contributed by atoms with van der Waals surface area (Å²) in [6.07, 6.45) is 3.96. The van der Waals surface area contributed by atoms with E-state index < -0.39 is 20.6 Å². The van der Waals surface area contributed by atoms with Gasteiger partial charge in [-0.15, -0.1) is 0 Å². The van der Waals surface area contributed by atoms with E-state index in [1.807, 2.05) is 12.1 Å². The smallest absolute Gasteiger partial charge is 0.229 e. The molecule has 0 N–H and O–H groups in total. The summed E-state index contributed by atoms with van der Waals surface area (Å²) in [6.45, 7) is -0.950. The summed E-state index contributed by atoms with van der Waals surface area (Å²) in [4.78, 5) is 20.6. The number of hydrogen-bond donors (Lipinski definition) is 0. The molecule has 1 aromatic heterocycles. The number of ether oxygens (including phenoxy) is 3. The van der Waals surface area contributed by atoms with Crippen molar-refractivity contribution in [3.8, 4) is 17.2 Å². The van der Waals surface area contributed by atoms with E-state index in [2.05, 4.69) is 9.88 Å². The van der Waals surface area contributed by atoms with E-state index in [-0.39, 0.29) is 29.6 Å². The molecule has 2 heterocycles. The van der Waals surface area contributed by atoms with Crippen LogP contribution in [0.5, 0.6) is 17.2 Å². The number of carbonyl (C=O) groups excluding carboxylic acids is 1. The molecule has 7 nitrogen and oxygen atoms in total. The first-order valence-electron chi connectivity index (χ1n) is 9.82. The first-order chi connectivity index (χ1) is 15.2. The van der Waals surface area contributed by atoms with E-state index in [9.17, 15) is 18.0 Å². The molecule has 1 saturated heterocycles. The fraction of sp³-hybridized carbons (Fsp3) is 0.429. The van der Waals surface area contributed by atoms with Crippen molar-refractivity contribution < 1.29 is 32.2 Å². The maximum atomic E-state index is 12.7. The quantitative estimate of drug-likeness (QED) is 0.566. The fourth-order valence-electron chi connectivity index (χ4n) is 3.48. The zero-order valence-corrected chi connectivity index (χ0v) is 16.9. The monoisotopic (exact) mass is 439 g/mol. The minimum Gasteiger partial charge on any atom is -0.459 e. The zero-order valence-electron chi connectivity index (χ0n) is 16.9. The molecule has 0 spiro atoms. The van der Waals surface area contributed by atoms with Crippen molar-refractivity contribution in [3.63, 3.8) is 0 Å². The number of aryl methyl sites for hydroxylation is 1. The van der Waals surface area contributed by atoms with Crippen LogP contribution in [0.3, 0.4) is 0 Å². The number of benzene rings is 1. The van der Waals surface area contributed by atoms with Crippen molar-refractivity contribution in [2.45, 2.75) is 12.8 Å². The summed E-state index contributed by atoms with van der Waals surface area (Å²) < 4.78 is 52.5. The molecule has 1 amide bonds. The Morgan fingerprint density at radius 3 is 2.03 bits per heavy atom. The van der Waals surface area contributed by atoms with Crippen LogP contribution in [0.25, 0.3) is 0 Å². The van der Waals surface area contributed by atoms with Gasteiger partial charge in [0.2, 0.25) is 32.2 Å². The van der Waals surface area contributed by atoms with Gasteiger partial charge in [0.1, 0.15) is 0 Å². The minimum absolute atomic E-state index is 0.0283. The molecular formula is C21H24F3N3O4. The Hall–Kier alpha value is -3.17. The number of aromatic nitrogens is 1. The van der Waals surface area contributed by atoms with Crippen LogP contribution in [-0.4, -0.2) is 62.6 Å². The van der Waals surface area contributed by atoms with Crippen molar-refractivity contribution in [1.82, 2.24) is 9.88 Å². The van der Waals surface area contributed by atoms with Crippen molar-refractivity contribution in [2.75, 3.05) is 51.7 Å². The Bertz CT molecular complexity index is 822. The molecule has 0 saturated carbocycles. The molecule has 2 aromatic rings. The molecule has 0 aliphatic carbocycles. The van der Waals surface area contributed by atoms with Crippen molar-refractivity contribution in [1.29, 1.82) is 0 Å². The summed E-state index contributed by atoms with van der Waals surface area (Å²) in [6, 6.07) is 6.73. The molecule has 10 heteroatoms. The topological polar surface area (TPSA) is 64.1 Å². The maximum Gasteiger partial charge on any atom is 0.229 e. The lowest BCUT2D eigenvalue weighted by Gasteiger charge is -2.36. The summed E-state index contributed by atoms with van der Waals surface area (Å²) in [7, 11) is 0. The van der Waals surface area contributed by atoms with Gasteiger partial charge in [-0.2, -0.15) is 0 Å². The zero-order chi connectivity index (χ0) is 22.1. The van der Waals surface area contributed by atoms with Crippen LogP contribution < -0.4 is 19.1 Å². The average molecular weight is 439 g/mol. The normalized spacial score (nSPS) is 13.8. The highest BCUT2D eigenvalue weighted by atomic mass is 19.1. The van der Waals surface area contributed by atoms with Gasteiger partial charge in [0, 0.05) is 50.7 Å². The molecule has 1 aliphatic rings. The second-order valence-corrected chi connectivity index (χ2v) is 6.75. The summed E-state index contributed by atoms with van der Waals surface area (Å²) in [5.41, 5.74) is 1.63. The van der Waals surface area contributed by atoms with Gasteiger partial charge in [0.25, 0.3) is 0 Å². The third-order valence-corrected chi connectivity index (χ3v) is 4.99. The lowest BCUT2D eigenvalue weighted by Crippen LogP contribution is -2.48. The minimum atomic E-state index is -1.21. The third-order valence-electron chi connectivity index (χ3n) is 4.99. The highest BCUT2D eigenvalue weighted by molar-refractivity contribution is 5.77. The SMILES string of the molecule is O=C(CCc1cc(OCF)c(OCF)c(OCF)c1)N1CCN(c2ccncc2)CC1. The predicted octanol–water partition coefficient (Wildman–Crippen LogP) is 3.28. The van der Waals surface area contributed by atoms with Gasteiger partial charge in [0.05, 0.1) is 0 Å². The van der Waals surface area contributed by atoms with Gasteiger partial charge in [-0.05, 0) is 36.2 Å². The number of hydrogen-bond acceptors (Lipinski definition) is 6. The number of pyridine rings is 1. The molecule has 1 aliphatic heterocycles. The van der Waals surface area contributed by atoms with Crippen LogP contribution in [0.4, 0.5) is 18.9 Å². The number of halogens is 3. The van der Waals surface area contributed by atoms with Crippen molar-refractivity contribution in [2.24, 2.45) is 0 Å². The van der Waals surface area contributed by atoms with Crippen molar-refractivity contribution in [3.05, 3.63) is 42.2 Å². The van der Waals surface area contributed by atoms with Gasteiger partial charge in [-0.25, -0.2) is 13.2 Å². The van der Waals surface area contributed by atoms with Gasteiger partial charge in [-0.1, -0.05) is 0 Å². The van der Waals surface area contributed by atoms with Gasteiger partial charge < -0.3 is 24.0 Å². The van der Waals surface area contributed by atoms with E-state index in [0.29, 0.717) is 38.2 Å². The fourth-order valence-corrected chi connectivity index (χ4v) is 3.48. The van der Waals surface area contributed by atoms with Crippen LogP contribution in [-0.2, 0) is 11.2 Å². The van der Waals surface area contributed by atoms with Crippen LogP contribution in [0.15, 0.2) is 36.7 Å². The molecule has 0 unspecified atom stereocenters. The summed E-state index contributed by atoms with van der Waals surface area (Å²) in [5, 5.41) is 0. The lowest BCUT2D eigenvalue weighted by molar-refractivity contribution is -0.131. The van der Waals surface area contributed by atoms with E-state index >= 15 is 0 Å². The van der Waals surface area contributed by atoms with Crippen LogP contribution in [0.2, 0.25) is 0 Å². The molecule has 0 radical (unpaired) electrons. The number of rotatable bonds is 10. The highest BCUT2D eigenvalue weighted by Gasteiger charge is 2.22. The molecule has 1 fully saturated rings. The van der Waals surface area contributed by atoms with Crippen LogP contribution in [0.1, 0.15) is 12.0 Å². The molecule has 168 valence electrons. The molecule has 31 heavy (non-hydrogen) atoms. The Morgan fingerprint density at radius 1 is 0.903 bits per heavy atom. The first kappa shape index (κ1) is 22.5. The lowest BCUT2D eigenvalue weighted by atomic mass is 10.1. The summed E-state index contributed by atoms with van der Waals surface area (Å²) in [5.74, 6) is -0.474. The van der Waals surface area contributed by atoms with Gasteiger partial charge in [-0.3, -0.25) is 9.78 Å². The van der Waals surface area contributed by atoms with Crippen LogP contribution in [0, 0.1) is 0 Å². The Balaban J connectivity index is 1.60. The maximum absolute atomic E-state index is 12.7. The Labute approximate surface area is 178 Å². The van der Waals surface area contributed by atoms with E-state index in [1.54, 1.807) is 17.3 Å². The number of nitrogens with zero attached hydrogens (tertiary/aromatic N) is 3. The largest absolute Gasteiger partial charge is 0.459 e. The standard InChI is InChI=1S/C21H24F3N3O4/c22-13-29-18-11-16(12-19(30-14-23)21(18)31-15-24)1-2-20(28)27-9-7-26(8-10-27)17-3-5-25-6-4-17/h3-6,11-12H,1-2,7-10,13-15H2. The molecule has 0 bridgehead atoms. The summed E-state index contributed by atoms with van der Waals surface area (Å²) >= 11 is 0. The second-order valence-electron chi connectivity index (χ2n) is 6.75. The van der Waals surface area contributed by atoms with E-state index in [4.69, 9.17) is 14.2 Å². The number of piperazine rings is 1. The molecule has 1 aromatic carbocycles. The molecule has 0 atom stereocenters. The number of anilines is 1. The average Bonchev–Trinajstić information content (AvgIpc) is 2.80. The van der Waals surface area contributed by atoms with E-state index in [0.717, 1.165) is 5.69 Å².